The largest absolute Gasteiger partial charge is 0.411 e. The highest BCUT2D eigenvalue weighted by molar-refractivity contribution is 5.89. The monoisotopic (exact) mass is 193 g/mol. The minimum absolute atomic E-state index is 0.234. The molecule has 0 spiro atoms. The van der Waals surface area contributed by atoms with Gasteiger partial charge in [0.2, 0.25) is 0 Å². The maximum Gasteiger partial charge on any atom is 0.108 e. The second kappa shape index (κ2) is 3.82. The summed E-state index contributed by atoms with van der Waals surface area (Å²) in [5.41, 5.74) is 0.887. The van der Waals surface area contributed by atoms with E-state index in [9.17, 15) is 0 Å². The molecule has 14 heavy (non-hydrogen) atoms. The van der Waals surface area contributed by atoms with Crippen molar-refractivity contribution in [2.45, 2.75) is 38.6 Å². The summed E-state index contributed by atoms with van der Waals surface area (Å²) >= 11 is 0. The Hall–Kier alpha value is -1.32. The molecule has 0 aliphatic heterocycles. The predicted molar refractivity (Wildman–Crippen MR) is 53.7 cm³/mol. The number of hydrogen-bond acceptors (Lipinski definition) is 3. The van der Waals surface area contributed by atoms with E-state index < -0.39 is 0 Å². The summed E-state index contributed by atoms with van der Waals surface area (Å²) in [6.45, 7) is 2.09. The first kappa shape index (κ1) is 9.24. The van der Waals surface area contributed by atoms with Gasteiger partial charge in [0, 0.05) is 18.8 Å². The van der Waals surface area contributed by atoms with Crippen molar-refractivity contribution < 1.29 is 5.21 Å². The van der Waals surface area contributed by atoms with Gasteiger partial charge in [-0.2, -0.15) is 0 Å². The lowest BCUT2D eigenvalue weighted by atomic mass is 10.2. The Morgan fingerprint density at radius 3 is 3.29 bits per heavy atom. The van der Waals surface area contributed by atoms with Crippen molar-refractivity contribution in [3.05, 3.63) is 18.2 Å². The molecule has 1 aromatic rings. The van der Waals surface area contributed by atoms with E-state index in [1.165, 1.54) is 0 Å². The van der Waals surface area contributed by atoms with E-state index >= 15 is 0 Å². The van der Waals surface area contributed by atoms with Gasteiger partial charge in [0.1, 0.15) is 5.82 Å². The Kier molecular flexibility index (Phi) is 2.52. The zero-order valence-electron chi connectivity index (χ0n) is 8.35. The molecule has 0 bridgehead atoms. The minimum Gasteiger partial charge on any atom is -0.411 e. The number of imidazole rings is 1. The molecule has 1 saturated carbocycles. The standard InChI is InChI=1S/C10H15N3O/c1-2-10-11-6-7-13(10)9-5-3-4-8(9)12-14/h6-7,9,14H,2-5H2,1H3/b12-8-. The molecular formula is C10H15N3O. The summed E-state index contributed by atoms with van der Waals surface area (Å²) in [5, 5.41) is 12.2. The van der Waals surface area contributed by atoms with Gasteiger partial charge in [-0.1, -0.05) is 12.1 Å². The topological polar surface area (TPSA) is 50.4 Å². The molecule has 4 nitrogen and oxygen atoms in total. The van der Waals surface area contributed by atoms with E-state index in [0.717, 1.165) is 37.2 Å². The average Bonchev–Trinajstić information content (AvgIpc) is 2.85. The quantitative estimate of drug-likeness (QED) is 0.577. The lowest BCUT2D eigenvalue weighted by Crippen LogP contribution is -2.15. The number of rotatable bonds is 2. The van der Waals surface area contributed by atoms with E-state index in [1.54, 1.807) is 0 Å². The van der Waals surface area contributed by atoms with Crippen LogP contribution in [0.3, 0.4) is 0 Å². The van der Waals surface area contributed by atoms with Crippen LogP contribution in [0.5, 0.6) is 0 Å². The average molecular weight is 193 g/mol. The van der Waals surface area contributed by atoms with Gasteiger partial charge in [0.15, 0.2) is 0 Å². The molecule has 0 saturated heterocycles. The molecule has 0 radical (unpaired) electrons. The van der Waals surface area contributed by atoms with Gasteiger partial charge in [-0.3, -0.25) is 0 Å². The second-order valence-corrected chi connectivity index (χ2v) is 3.60. The van der Waals surface area contributed by atoms with Gasteiger partial charge in [-0.25, -0.2) is 4.98 Å². The smallest absolute Gasteiger partial charge is 0.108 e. The Labute approximate surface area is 83.3 Å². The number of hydrogen-bond donors (Lipinski definition) is 1. The fourth-order valence-electron chi connectivity index (χ4n) is 2.13. The highest BCUT2D eigenvalue weighted by atomic mass is 16.4. The Balaban J connectivity index is 2.30. The fourth-order valence-corrected chi connectivity index (χ4v) is 2.13. The lowest BCUT2D eigenvalue weighted by molar-refractivity contribution is 0.314. The van der Waals surface area contributed by atoms with Crippen LogP contribution >= 0.6 is 0 Å². The molecule has 1 N–H and O–H groups in total. The zero-order valence-corrected chi connectivity index (χ0v) is 8.35. The highest BCUT2D eigenvalue weighted by Gasteiger charge is 2.25. The Morgan fingerprint density at radius 1 is 1.71 bits per heavy atom. The van der Waals surface area contributed by atoms with E-state index in [4.69, 9.17) is 5.21 Å². The first-order chi connectivity index (χ1) is 6.86. The summed E-state index contributed by atoms with van der Waals surface area (Å²) in [7, 11) is 0. The first-order valence-electron chi connectivity index (χ1n) is 5.09. The Bertz CT molecular complexity index is 343. The third-order valence-electron chi connectivity index (χ3n) is 2.82. The van der Waals surface area contributed by atoms with Crippen molar-refractivity contribution in [2.24, 2.45) is 5.16 Å². The molecule has 2 rings (SSSR count). The molecule has 1 aliphatic rings. The SMILES string of the molecule is CCc1nccn1C1CCC/C1=N/O. The molecule has 1 unspecified atom stereocenters. The predicted octanol–water partition coefficient (Wildman–Crippen LogP) is 2.00. The van der Waals surface area contributed by atoms with Crippen LogP contribution in [0.15, 0.2) is 17.5 Å². The maximum atomic E-state index is 8.85. The van der Waals surface area contributed by atoms with Crippen LogP contribution < -0.4 is 0 Å². The van der Waals surface area contributed by atoms with Crippen LogP contribution in [0.2, 0.25) is 0 Å². The van der Waals surface area contributed by atoms with Gasteiger partial charge in [-0.15, -0.1) is 0 Å². The van der Waals surface area contributed by atoms with Crippen LogP contribution in [0, 0.1) is 0 Å². The van der Waals surface area contributed by atoms with E-state index in [0.29, 0.717) is 0 Å². The molecule has 1 aliphatic carbocycles. The number of aryl methyl sites for hydroxylation is 1. The summed E-state index contributed by atoms with van der Waals surface area (Å²) in [6, 6.07) is 0.234. The van der Waals surface area contributed by atoms with Gasteiger partial charge >= 0.3 is 0 Å². The fraction of sp³-hybridized carbons (Fsp3) is 0.600. The van der Waals surface area contributed by atoms with Crippen LogP contribution in [0.25, 0.3) is 0 Å². The molecule has 1 heterocycles. The molecule has 0 amide bonds. The summed E-state index contributed by atoms with van der Waals surface area (Å²) in [5.74, 6) is 1.07. The van der Waals surface area contributed by atoms with Crippen LogP contribution in [-0.4, -0.2) is 20.5 Å². The van der Waals surface area contributed by atoms with Crippen molar-refractivity contribution in [1.82, 2.24) is 9.55 Å². The summed E-state index contributed by atoms with van der Waals surface area (Å²) in [4.78, 5) is 4.27. The molecule has 76 valence electrons. The van der Waals surface area contributed by atoms with Gasteiger partial charge < -0.3 is 9.77 Å². The van der Waals surface area contributed by atoms with E-state index in [1.807, 2.05) is 12.4 Å². The van der Waals surface area contributed by atoms with Gasteiger partial charge in [0.25, 0.3) is 0 Å². The van der Waals surface area contributed by atoms with Crippen molar-refractivity contribution >= 4 is 5.71 Å². The van der Waals surface area contributed by atoms with Gasteiger partial charge in [0.05, 0.1) is 11.8 Å². The number of aromatic nitrogens is 2. The third-order valence-corrected chi connectivity index (χ3v) is 2.82. The minimum atomic E-state index is 0.234. The third kappa shape index (κ3) is 1.41. The molecule has 4 heteroatoms. The van der Waals surface area contributed by atoms with Crippen molar-refractivity contribution in [3.8, 4) is 0 Å². The maximum absolute atomic E-state index is 8.85. The van der Waals surface area contributed by atoms with Crippen molar-refractivity contribution in [1.29, 1.82) is 0 Å². The van der Waals surface area contributed by atoms with Gasteiger partial charge in [-0.05, 0) is 19.3 Å². The second-order valence-electron chi connectivity index (χ2n) is 3.60. The highest BCUT2D eigenvalue weighted by Crippen LogP contribution is 2.28. The Morgan fingerprint density at radius 2 is 2.57 bits per heavy atom. The summed E-state index contributed by atoms with van der Waals surface area (Å²) in [6.07, 6.45) is 7.77. The van der Waals surface area contributed by atoms with E-state index in [-0.39, 0.29) is 6.04 Å². The molecule has 1 fully saturated rings. The zero-order chi connectivity index (χ0) is 9.97. The lowest BCUT2D eigenvalue weighted by Gasteiger charge is -2.14. The van der Waals surface area contributed by atoms with Crippen molar-refractivity contribution in [2.75, 3.05) is 0 Å². The van der Waals surface area contributed by atoms with E-state index in [2.05, 4.69) is 21.6 Å². The first-order valence-corrected chi connectivity index (χ1v) is 5.09. The molecule has 1 aromatic heterocycles. The molecular weight excluding hydrogens is 178 g/mol. The molecule has 1 atom stereocenters. The van der Waals surface area contributed by atoms with Crippen LogP contribution in [0.4, 0.5) is 0 Å². The van der Waals surface area contributed by atoms with Crippen LogP contribution in [-0.2, 0) is 6.42 Å². The van der Waals surface area contributed by atoms with Crippen LogP contribution in [0.1, 0.15) is 38.1 Å². The number of nitrogens with zero attached hydrogens (tertiary/aromatic N) is 3. The normalized spacial score (nSPS) is 24.6. The summed E-state index contributed by atoms with van der Waals surface area (Å²) < 4.78 is 2.13. The van der Waals surface area contributed by atoms with Crippen molar-refractivity contribution in [3.63, 3.8) is 0 Å². The molecule has 0 aromatic carbocycles. The number of oxime groups is 1.